The van der Waals surface area contributed by atoms with Crippen molar-refractivity contribution in [1.29, 1.82) is 5.26 Å². The molecule has 0 aromatic heterocycles. The van der Waals surface area contributed by atoms with Crippen molar-refractivity contribution in [2.75, 3.05) is 5.32 Å². The molecule has 1 rings (SSSR count). The van der Waals surface area contributed by atoms with Gasteiger partial charge >= 0.3 is 0 Å². The summed E-state index contributed by atoms with van der Waals surface area (Å²) in [5.41, 5.74) is 1.80. The highest BCUT2D eigenvalue weighted by Crippen LogP contribution is 2.23. The number of benzene rings is 1. The average molecular weight is 216 g/mol. The summed E-state index contributed by atoms with van der Waals surface area (Å²) in [5.74, 6) is -0.271. The van der Waals surface area contributed by atoms with Gasteiger partial charge in [0, 0.05) is 5.69 Å². The Morgan fingerprint density at radius 2 is 1.81 bits per heavy atom. The highest BCUT2D eigenvalue weighted by atomic mass is 16.2. The number of rotatable bonds is 2. The number of anilines is 1. The summed E-state index contributed by atoms with van der Waals surface area (Å²) < 4.78 is 0. The Bertz CT molecular complexity index is 435. The zero-order valence-electron chi connectivity index (χ0n) is 10.1. The van der Waals surface area contributed by atoms with E-state index in [0.717, 1.165) is 16.8 Å². The second-order valence-electron chi connectivity index (χ2n) is 4.46. The molecular weight excluding hydrogens is 200 g/mol. The molecular formula is C13H16N2O. The first-order valence-corrected chi connectivity index (χ1v) is 5.17. The molecule has 0 heterocycles. The van der Waals surface area contributed by atoms with Crippen LogP contribution < -0.4 is 5.32 Å². The molecule has 0 aliphatic heterocycles. The second kappa shape index (κ2) is 4.36. The topological polar surface area (TPSA) is 52.9 Å². The molecule has 0 saturated heterocycles. The standard InChI is InChI=1S/C13H16N2O/c1-9-6-5-7-10(2)11(9)15-12(16)13(3,4)8-14/h5-7H,1-4H3,(H,15,16). The molecule has 0 atom stereocenters. The van der Waals surface area contributed by atoms with Gasteiger partial charge in [0.25, 0.3) is 0 Å². The summed E-state index contributed by atoms with van der Waals surface area (Å²) in [5, 5.41) is 11.7. The van der Waals surface area contributed by atoms with Crippen LogP contribution >= 0.6 is 0 Å². The molecule has 1 aromatic rings. The molecule has 16 heavy (non-hydrogen) atoms. The summed E-state index contributed by atoms with van der Waals surface area (Å²) in [6, 6.07) is 7.79. The highest BCUT2D eigenvalue weighted by molar-refractivity contribution is 5.97. The van der Waals surface area contributed by atoms with E-state index < -0.39 is 5.41 Å². The average Bonchev–Trinajstić information content (AvgIpc) is 2.23. The molecule has 0 radical (unpaired) electrons. The largest absolute Gasteiger partial charge is 0.324 e. The van der Waals surface area contributed by atoms with Crippen molar-refractivity contribution in [2.24, 2.45) is 5.41 Å². The van der Waals surface area contributed by atoms with Crippen LogP contribution in [0, 0.1) is 30.6 Å². The smallest absolute Gasteiger partial charge is 0.244 e. The molecule has 84 valence electrons. The maximum absolute atomic E-state index is 11.8. The van der Waals surface area contributed by atoms with Gasteiger partial charge in [0.2, 0.25) is 5.91 Å². The van der Waals surface area contributed by atoms with E-state index in [9.17, 15) is 4.79 Å². The van der Waals surface area contributed by atoms with E-state index in [4.69, 9.17) is 5.26 Å². The molecule has 0 spiro atoms. The van der Waals surface area contributed by atoms with E-state index >= 15 is 0 Å². The van der Waals surface area contributed by atoms with Gasteiger partial charge in [0.15, 0.2) is 0 Å². The van der Waals surface area contributed by atoms with Gasteiger partial charge in [-0.05, 0) is 38.8 Å². The molecule has 3 nitrogen and oxygen atoms in total. The number of para-hydroxylation sites is 1. The van der Waals surface area contributed by atoms with Crippen molar-refractivity contribution in [2.45, 2.75) is 27.7 Å². The van der Waals surface area contributed by atoms with Crippen LogP contribution in [0.3, 0.4) is 0 Å². The predicted molar refractivity (Wildman–Crippen MR) is 63.9 cm³/mol. The number of aryl methyl sites for hydroxylation is 2. The fourth-order valence-electron chi connectivity index (χ4n) is 1.33. The van der Waals surface area contributed by atoms with Crippen molar-refractivity contribution >= 4 is 11.6 Å². The molecule has 0 saturated carbocycles. The fourth-order valence-corrected chi connectivity index (χ4v) is 1.33. The van der Waals surface area contributed by atoms with Gasteiger partial charge in [0.1, 0.15) is 5.41 Å². The van der Waals surface area contributed by atoms with Gasteiger partial charge < -0.3 is 5.32 Å². The summed E-state index contributed by atoms with van der Waals surface area (Å²) in [6.07, 6.45) is 0. The van der Waals surface area contributed by atoms with Crippen LogP contribution in [0.2, 0.25) is 0 Å². The Morgan fingerprint density at radius 3 is 2.25 bits per heavy atom. The summed E-state index contributed by atoms with van der Waals surface area (Å²) in [6.45, 7) is 7.08. The first-order valence-electron chi connectivity index (χ1n) is 5.17. The van der Waals surface area contributed by atoms with Crippen LogP contribution in [0.25, 0.3) is 0 Å². The molecule has 0 unspecified atom stereocenters. The minimum Gasteiger partial charge on any atom is -0.324 e. The first kappa shape index (κ1) is 12.3. The summed E-state index contributed by atoms with van der Waals surface area (Å²) in [4.78, 5) is 11.8. The van der Waals surface area contributed by atoms with E-state index in [1.54, 1.807) is 13.8 Å². The molecule has 1 amide bonds. The third-order valence-corrected chi connectivity index (χ3v) is 2.57. The fraction of sp³-hybridized carbons (Fsp3) is 0.385. The van der Waals surface area contributed by atoms with Crippen molar-refractivity contribution in [3.8, 4) is 6.07 Å². The zero-order valence-corrected chi connectivity index (χ0v) is 10.1. The number of hydrogen-bond acceptors (Lipinski definition) is 2. The Labute approximate surface area is 96.1 Å². The third-order valence-electron chi connectivity index (χ3n) is 2.57. The van der Waals surface area contributed by atoms with Crippen LogP contribution in [-0.4, -0.2) is 5.91 Å². The van der Waals surface area contributed by atoms with Gasteiger partial charge in [-0.1, -0.05) is 18.2 Å². The SMILES string of the molecule is Cc1cccc(C)c1NC(=O)C(C)(C)C#N. The molecule has 1 aromatic carbocycles. The zero-order chi connectivity index (χ0) is 12.3. The monoisotopic (exact) mass is 216 g/mol. The quantitative estimate of drug-likeness (QED) is 0.826. The molecule has 0 bridgehead atoms. The Kier molecular flexibility index (Phi) is 3.34. The van der Waals surface area contributed by atoms with Gasteiger partial charge in [-0.3, -0.25) is 4.79 Å². The van der Waals surface area contributed by atoms with E-state index in [1.807, 2.05) is 38.1 Å². The molecule has 0 aliphatic rings. The van der Waals surface area contributed by atoms with Gasteiger partial charge in [0.05, 0.1) is 6.07 Å². The lowest BCUT2D eigenvalue weighted by Gasteiger charge is -2.17. The van der Waals surface area contributed by atoms with Gasteiger partial charge in [-0.25, -0.2) is 0 Å². The van der Waals surface area contributed by atoms with Gasteiger partial charge in [-0.15, -0.1) is 0 Å². The Hall–Kier alpha value is -1.82. The van der Waals surface area contributed by atoms with E-state index in [2.05, 4.69) is 5.32 Å². The van der Waals surface area contributed by atoms with Crippen LogP contribution in [-0.2, 0) is 4.79 Å². The van der Waals surface area contributed by atoms with Crippen LogP contribution in [0.15, 0.2) is 18.2 Å². The minimum absolute atomic E-state index is 0.271. The predicted octanol–water partition coefficient (Wildman–Crippen LogP) is 2.79. The van der Waals surface area contributed by atoms with Crippen molar-refractivity contribution in [3.63, 3.8) is 0 Å². The molecule has 0 aliphatic carbocycles. The summed E-state index contributed by atoms with van der Waals surface area (Å²) >= 11 is 0. The molecule has 3 heteroatoms. The number of nitriles is 1. The Morgan fingerprint density at radius 1 is 1.31 bits per heavy atom. The maximum Gasteiger partial charge on any atom is 0.244 e. The normalized spacial score (nSPS) is 10.7. The van der Waals surface area contributed by atoms with Crippen LogP contribution in [0.1, 0.15) is 25.0 Å². The lowest BCUT2D eigenvalue weighted by atomic mass is 9.94. The lowest BCUT2D eigenvalue weighted by molar-refractivity contribution is -0.121. The van der Waals surface area contributed by atoms with Crippen molar-refractivity contribution in [3.05, 3.63) is 29.3 Å². The summed E-state index contributed by atoms with van der Waals surface area (Å²) in [7, 11) is 0. The highest BCUT2D eigenvalue weighted by Gasteiger charge is 2.27. The number of nitrogens with zero attached hydrogens (tertiary/aromatic N) is 1. The van der Waals surface area contributed by atoms with E-state index in [0.29, 0.717) is 0 Å². The number of carbonyl (C=O) groups excluding carboxylic acids is 1. The molecule has 1 N–H and O–H groups in total. The van der Waals surface area contributed by atoms with Crippen molar-refractivity contribution in [1.82, 2.24) is 0 Å². The first-order chi connectivity index (χ1) is 7.38. The lowest BCUT2D eigenvalue weighted by Crippen LogP contribution is -2.29. The minimum atomic E-state index is -1.01. The van der Waals surface area contributed by atoms with Gasteiger partial charge in [-0.2, -0.15) is 5.26 Å². The van der Waals surface area contributed by atoms with Crippen molar-refractivity contribution < 1.29 is 4.79 Å². The van der Waals surface area contributed by atoms with E-state index in [-0.39, 0.29) is 5.91 Å². The number of carbonyl (C=O) groups is 1. The number of hydrogen-bond donors (Lipinski definition) is 1. The molecule has 0 fully saturated rings. The van der Waals surface area contributed by atoms with Crippen LogP contribution in [0.4, 0.5) is 5.69 Å². The van der Waals surface area contributed by atoms with Crippen LogP contribution in [0.5, 0.6) is 0 Å². The third kappa shape index (κ3) is 2.40. The number of amides is 1. The Balaban J connectivity index is 2.99. The maximum atomic E-state index is 11.8. The second-order valence-corrected chi connectivity index (χ2v) is 4.46. The van der Waals surface area contributed by atoms with E-state index in [1.165, 1.54) is 0 Å². The number of nitrogens with one attached hydrogen (secondary N) is 1.